The molecule has 0 saturated heterocycles. The minimum absolute atomic E-state index is 0.687. The smallest absolute Gasteiger partial charge is 0.161 e. The Morgan fingerprint density at radius 1 is 1.10 bits per heavy atom. The lowest BCUT2D eigenvalue weighted by Gasteiger charge is -2.13. The number of thiazole rings is 1. The van der Waals surface area contributed by atoms with E-state index < -0.39 is 0 Å². The molecule has 1 heterocycles. The molecule has 1 aromatic carbocycles. The summed E-state index contributed by atoms with van der Waals surface area (Å²) in [6.45, 7) is 5.57. The number of nitrogens with zero attached hydrogens (tertiary/aromatic N) is 1. The van der Waals surface area contributed by atoms with Gasteiger partial charge < -0.3 is 9.47 Å². The molecule has 0 unspecified atom stereocenters. The third kappa shape index (κ3) is 3.96. The van der Waals surface area contributed by atoms with Crippen LogP contribution < -0.4 is 9.47 Å². The summed E-state index contributed by atoms with van der Waals surface area (Å²) in [5.41, 5.74) is 1.99. The number of hydrogen-bond donors (Lipinski definition) is 0. The predicted octanol–water partition coefficient (Wildman–Crippen LogP) is 5.15. The molecule has 0 bridgehead atoms. The van der Waals surface area contributed by atoms with Gasteiger partial charge in [0, 0.05) is 10.9 Å². The zero-order valence-electron chi connectivity index (χ0n) is 11.7. The van der Waals surface area contributed by atoms with Crippen LogP contribution in [0.25, 0.3) is 11.3 Å². The van der Waals surface area contributed by atoms with Crippen molar-refractivity contribution >= 4 is 27.3 Å². The van der Waals surface area contributed by atoms with Crippen molar-refractivity contribution in [3.63, 3.8) is 0 Å². The van der Waals surface area contributed by atoms with Gasteiger partial charge in [-0.1, -0.05) is 13.8 Å². The Bertz CT molecular complexity index is 557. The Balaban J connectivity index is 2.26. The van der Waals surface area contributed by atoms with E-state index in [4.69, 9.17) is 9.47 Å². The Morgan fingerprint density at radius 3 is 2.40 bits per heavy atom. The maximum atomic E-state index is 5.79. The summed E-state index contributed by atoms with van der Waals surface area (Å²) >= 11 is 4.96. The largest absolute Gasteiger partial charge is 0.490 e. The quantitative estimate of drug-likeness (QED) is 0.688. The lowest BCUT2D eigenvalue weighted by Crippen LogP contribution is -2.01. The van der Waals surface area contributed by atoms with Gasteiger partial charge in [0.05, 0.1) is 18.9 Å². The van der Waals surface area contributed by atoms with Crippen LogP contribution in [0.2, 0.25) is 0 Å². The van der Waals surface area contributed by atoms with E-state index in [1.165, 1.54) is 0 Å². The van der Waals surface area contributed by atoms with Crippen LogP contribution >= 0.6 is 27.3 Å². The highest BCUT2D eigenvalue weighted by molar-refractivity contribution is 9.11. The highest BCUT2D eigenvalue weighted by atomic mass is 79.9. The van der Waals surface area contributed by atoms with Crippen molar-refractivity contribution in [3.05, 3.63) is 27.5 Å². The standard InChI is InChI=1S/C15H18BrNO2S/c1-3-7-18-13-6-5-11(9-14(13)19-8-4-2)12-10-20-15(16)17-12/h5-6,9-10H,3-4,7-8H2,1-2H3. The summed E-state index contributed by atoms with van der Waals surface area (Å²) in [6.07, 6.45) is 1.95. The average Bonchev–Trinajstić information content (AvgIpc) is 2.90. The monoisotopic (exact) mass is 355 g/mol. The summed E-state index contributed by atoms with van der Waals surface area (Å²) in [5, 5.41) is 2.02. The molecular formula is C15H18BrNO2S. The summed E-state index contributed by atoms with van der Waals surface area (Å²) in [7, 11) is 0. The van der Waals surface area contributed by atoms with E-state index >= 15 is 0 Å². The third-order valence-corrected chi connectivity index (χ3v) is 4.00. The van der Waals surface area contributed by atoms with E-state index in [0.717, 1.165) is 39.5 Å². The second-order valence-electron chi connectivity index (χ2n) is 4.34. The Kier molecular flexibility index (Phi) is 5.86. The van der Waals surface area contributed by atoms with Gasteiger partial charge in [-0.25, -0.2) is 4.98 Å². The van der Waals surface area contributed by atoms with E-state index in [1.807, 2.05) is 23.6 Å². The summed E-state index contributed by atoms with van der Waals surface area (Å²) in [4.78, 5) is 4.43. The lowest BCUT2D eigenvalue weighted by atomic mass is 10.1. The lowest BCUT2D eigenvalue weighted by molar-refractivity contribution is 0.268. The summed E-state index contributed by atoms with van der Waals surface area (Å²) in [5.74, 6) is 1.60. The normalized spacial score (nSPS) is 10.6. The molecule has 0 radical (unpaired) electrons. The van der Waals surface area contributed by atoms with E-state index in [2.05, 4.69) is 34.8 Å². The van der Waals surface area contributed by atoms with Crippen LogP contribution in [0, 0.1) is 0 Å². The number of benzene rings is 1. The van der Waals surface area contributed by atoms with E-state index in [-0.39, 0.29) is 0 Å². The highest BCUT2D eigenvalue weighted by Crippen LogP contribution is 2.34. The van der Waals surface area contributed by atoms with E-state index in [9.17, 15) is 0 Å². The predicted molar refractivity (Wildman–Crippen MR) is 86.8 cm³/mol. The Morgan fingerprint density at radius 2 is 1.80 bits per heavy atom. The van der Waals surface area contributed by atoms with Crippen molar-refractivity contribution in [3.8, 4) is 22.8 Å². The Hall–Kier alpha value is -1.07. The van der Waals surface area contributed by atoms with Crippen molar-refractivity contribution in [2.24, 2.45) is 0 Å². The molecule has 3 nitrogen and oxygen atoms in total. The minimum atomic E-state index is 0.687. The molecule has 2 aromatic rings. The van der Waals surface area contributed by atoms with Gasteiger partial charge in [-0.05, 0) is 47.0 Å². The van der Waals surface area contributed by atoms with Crippen LogP contribution in [0.3, 0.4) is 0 Å². The van der Waals surface area contributed by atoms with Crippen LogP contribution in [0.5, 0.6) is 11.5 Å². The molecule has 0 aliphatic carbocycles. The zero-order valence-corrected chi connectivity index (χ0v) is 14.1. The van der Waals surface area contributed by atoms with Gasteiger partial charge in [-0.3, -0.25) is 0 Å². The molecule has 0 amide bonds. The number of rotatable bonds is 7. The molecule has 20 heavy (non-hydrogen) atoms. The van der Waals surface area contributed by atoms with Crippen molar-refractivity contribution in [2.45, 2.75) is 26.7 Å². The second-order valence-corrected chi connectivity index (χ2v) is 6.48. The molecule has 0 aliphatic rings. The fourth-order valence-electron chi connectivity index (χ4n) is 1.71. The van der Waals surface area contributed by atoms with E-state index in [1.54, 1.807) is 11.3 Å². The van der Waals surface area contributed by atoms with Gasteiger partial charge in [0.15, 0.2) is 15.4 Å². The molecular weight excluding hydrogens is 338 g/mol. The van der Waals surface area contributed by atoms with Crippen LogP contribution in [0.1, 0.15) is 26.7 Å². The van der Waals surface area contributed by atoms with E-state index in [0.29, 0.717) is 13.2 Å². The second kappa shape index (κ2) is 7.64. The van der Waals surface area contributed by atoms with Gasteiger partial charge in [0.2, 0.25) is 0 Å². The fourth-order valence-corrected chi connectivity index (χ4v) is 2.73. The molecule has 0 aliphatic heterocycles. The van der Waals surface area contributed by atoms with Crippen LogP contribution in [-0.2, 0) is 0 Å². The molecule has 0 spiro atoms. The SMILES string of the molecule is CCCOc1ccc(-c2csc(Br)n2)cc1OCCC. The van der Waals surface area contributed by atoms with Crippen molar-refractivity contribution in [1.82, 2.24) is 4.98 Å². The molecule has 2 rings (SSSR count). The topological polar surface area (TPSA) is 31.4 Å². The van der Waals surface area contributed by atoms with Crippen LogP contribution in [-0.4, -0.2) is 18.2 Å². The molecule has 0 fully saturated rings. The number of aromatic nitrogens is 1. The van der Waals surface area contributed by atoms with Crippen LogP contribution in [0.4, 0.5) is 0 Å². The third-order valence-electron chi connectivity index (χ3n) is 2.64. The summed E-state index contributed by atoms with van der Waals surface area (Å²) in [6, 6.07) is 5.98. The minimum Gasteiger partial charge on any atom is -0.490 e. The van der Waals surface area contributed by atoms with Crippen molar-refractivity contribution in [2.75, 3.05) is 13.2 Å². The molecule has 0 N–H and O–H groups in total. The molecule has 1 aromatic heterocycles. The number of ether oxygens (including phenoxy) is 2. The maximum absolute atomic E-state index is 5.79. The average molecular weight is 356 g/mol. The zero-order chi connectivity index (χ0) is 14.4. The van der Waals surface area contributed by atoms with Gasteiger partial charge in [0.1, 0.15) is 0 Å². The van der Waals surface area contributed by atoms with Crippen molar-refractivity contribution < 1.29 is 9.47 Å². The van der Waals surface area contributed by atoms with Gasteiger partial charge in [-0.2, -0.15) is 0 Å². The van der Waals surface area contributed by atoms with Gasteiger partial charge in [0.25, 0.3) is 0 Å². The maximum Gasteiger partial charge on any atom is 0.161 e. The first-order valence-electron chi connectivity index (χ1n) is 6.75. The first-order chi connectivity index (χ1) is 9.74. The van der Waals surface area contributed by atoms with Crippen LogP contribution in [0.15, 0.2) is 27.5 Å². The molecule has 0 saturated carbocycles. The number of hydrogen-bond acceptors (Lipinski definition) is 4. The van der Waals surface area contributed by atoms with Gasteiger partial charge >= 0.3 is 0 Å². The van der Waals surface area contributed by atoms with Gasteiger partial charge in [-0.15, -0.1) is 11.3 Å². The Labute approximate surface area is 132 Å². The number of halogens is 1. The molecule has 108 valence electrons. The molecule has 5 heteroatoms. The first kappa shape index (κ1) is 15.3. The summed E-state index contributed by atoms with van der Waals surface area (Å²) < 4.78 is 12.4. The van der Waals surface area contributed by atoms with Crippen molar-refractivity contribution in [1.29, 1.82) is 0 Å². The molecule has 0 atom stereocenters. The highest BCUT2D eigenvalue weighted by Gasteiger charge is 2.10. The first-order valence-corrected chi connectivity index (χ1v) is 8.43. The fraction of sp³-hybridized carbons (Fsp3) is 0.400.